The smallest absolute Gasteiger partial charge is 0.243 e. The van der Waals surface area contributed by atoms with Crippen LogP contribution in [0.5, 0.6) is 0 Å². The molecule has 0 fully saturated rings. The van der Waals surface area contributed by atoms with E-state index in [2.05, 4.69) is 10.6 Å². The predicted octanol–water partition coefficient (Wildman–Crippen LogP) is 3.24. The Kier molecular flexibility index (Phi) is 6.87. The van der Waals surface area contributed by atoms with Gasteiger partial charge in [-0.2, -0.15) is 0 Å². The average molecular weight is 375 g/mol. The van der Waals surface area contributed by atoms with E-state index in [0.717, 1.165) is 23.4 Å². The zero-order valence-corrected chi connectivity index (χ0v) is 15.6. The molecule has 144 valence electrons. The minimum atomic E-state index is -1.05. The Morgan fingerprint density at radius 1 is 1.00 bits per heavy atom. The molecule has 0 unspecified atom stereocenters. The number of nitrogens with zero attached hydrogens (tertiary/aromatic N) is 1. The van der Waals surface area contributed by atoms with Gasteiger partial charge in [-0.25, -0.2) is 8.78 Å². The molecule has 0 aliphatic heterocycles. The highest BCUT2D eigenvalue weighted by Crippen LogP contribution is 2.17. The molecule has 5 nitrogen and oxygen atoms in total. The molecule has 0 spiro atoms. The van der Waals surface area contributed by atoms with Crippen molar-refractivity contribution in [2.75, 3.05) is 23.3 Å². The fraction of sp³-hybridized carbons (Fsp3) is 0.300. The molecular weight excluding hydrogens is 352 g/mol. The van der Waals surface area contributed by atoms with Crippen LogP contribution in [0.25, 0.3) is 0 Å². The molecule has 0 saturated heterocycles. The Bertz CT molecular complexity index is 807. The van der Waals surface area contributed by atoms with Crippen LogP contribution in [0, 0.1) is 18.6 Å². The third-order valence-electron chi connectivity index (χ3n) is 3.95. The van der Waals surface area contributed by atoms with Crippen molar-refractivity contribution in [3.8, 4) is 0 Å². The van der Waals surface area contributed by atoms with Crippen molar-refractivity contribution in [2.24, 2.45) is 0 Å². The van der Waals surface area contributed by atoms with Crippen LogP contribution in [-0.2, 0) is 9.59 Å². The second-order valence-electron chi connectivity index (χ2n) is 6.51. The fourth-order valence-corrected chi connectivity index (χ4v) is 2.48. The van der Waals surface area contributed by atoms with Crippen LogP contribution in [0.15, 0.2) is 42.5 Å². The summed E-state index contributed by atoms with van der Waals surface area (Å²) in [5.41, 5.74) is 2.16. The largest absolute Gasteiger partial charge is 0.360 e. The van der Waals surface area contributed by atoms with Gasteiger partial charge in [-0.15, -0.1) is 0 Å². The van der Waals surface area contributed by atoms with Gasteiger partial charge in [-0.1, -0.05) is 17.7 Å². The first-order chi connectivity index (χ1) is 12.8. The van der Waals surface area contributed by atoms with E-state index in [4.69, 9.17) is 0 Å². The molecule has 2 rings (SSSR count). The zero-order chi connectivity index (χ0) is 20.0. The van der Waals surface area contributed by atoms with Gasteiger partial charge in [0.15, 0.2) is 11.6 Å². The van der Waals surface area contributed by atoms with Crippen molar-refractivity contribution in [2.45, 2.75) is 26.8 Å². The first-order valence-corrected chi connectivity index (χ1v) is 8.61. The molecule has 0 radical (unpaired) electrons. The highest BCUT2D eigenvalue weighted by atomic mass is 19.2. The normalized spacial score (nSPS) is 10.6. The van der Waals surface area contributed by atoms with Crippen molar-refractivity contribution in [3.63, 3.8) is 0 Å². The topological polar surface area (TPSA) is 61.4 Å². The molecule has 7 heteroatoms. The van der Waals surface area contributed by atoms with Crippen molar-refractivity contribution in [3.05, 3.63) is 59.7 Å². The van der Waals surface area contributed by atoms with Crippen LogP contribution in [0.1, 0.15) is 19.4 Å². The number of amides is 2. The second kappa shape index (κ2) is 9.12. The van der Waals surface area contributed by atoms with Gasteiger partial charge in [0.1, 0.15) is 0 Å². The maximum Gasteiger partial charge on any atom is 0.243 e. The van der Waals surface area contributed by atoms with Gasteiger partial charge < -0.3 is 15.5 Å². The first-order valence-electron chi connectivity index (χ1n) is 8.61. The Hall–Kier alpha value is -2.96. The van der Waals surface area contributed by atoms with Gasteiger partial charge in [-0.3, -0.25) is 9.59 Å². The second-order valence-corrected chi connectivity index (χ2v) is 6.51. The summed E-state index contributed by atoms with van der Waals surface area (Å²) in [4.78, 5) is 26.0. The summed E-state index contributed by atoms with van der Waals surface area (Å²) in [6.45, 7) is 5.77. The lowest BCUT2D eigenvalue weighted by Crippen LogP contribution is -2.43. The van der Waals surface area contributed by atoms with Crippen molar-refractivity contribution >= 4 is 23.2 Å². The van der Waals surface area contributed by atoms with E-state index in [1.165, 1.54) is 6.07 Å². The van der Waals surface area contributed by atoms with Crippen LogP contribution in [0.3, 0.4) is 0 Å². The lowest BCUT2D eigenvalue weighted by atomic mass is 10.2. The lowest BCUT2D eigenvalue weighted by Gasteiger charge is -2.28. The predicted molar refractivity (Wildman–Crippen MR) is 102 cm³/mol. The number of aryl methyl sites for hydroxylation is 1. The Balaban J connectivity index is 1.88. The van der Waals surface area contributed by atoms with Crippen molar-refractivity contribution < 1.29 is 18.4 Å². The number of halogens is 2. The summed E-state index contributed by atoms with van der Waals surface area (Å²) in [5.74, 6) is -2.89. The lowest BCUT2D eigenvalue weighted by molar-refractivity contribution is -0.123. The standard InChI is InChI=1S/C20H23F2N3O2/c1-13(2)25(16-7-4-14(3)5-8-16)12-20(27)23-11-19(26)24-15-6-9-17(21)18(22)10-15/h4-10,13H,11-12H2,1-3H3,(H,23,27)(H,24,26). The molecule has 0 bridgehead atoms. The summed E-state index contributed by atoms with van der Waals surface area (Å²) in [6.07, 6.45) is 0. The van der Waals surface area contributed by atoms with E-state index in [1.807, 2.05) is 49.9 Å². The summed E-state index contributed by atoms with van der Waals surface area (Å²) < 4.78 is 26.0. The van der Waals surface area contributed by atoms with Crippen molar-refractivity contribution in [1.82, 2.24) is 5.32 Å². The minimum Gasteiger partial charge on any atom is -0.360 e. The number of hydrogen-bond acceptors (Lipinski definition) is 3. The number of benzene rings is 2. The van der Waals surface area contributed by atoms with E-state index in [-0.39, 0.29) is 30.7 Å². The van der Waals surface area contributed by atoms with Crippen LogP contribution in [0.2, 0.25) is 0 Å². The van der Waals surface area contributed by atoms with Gasteiger partial charge in [0.2, 0.25) is 11.8 Å². The molecule has 0 aromatic heterocycles. The third kappa shape index (κ3) is 6.06. The quantitative estimate of drug-likeness (QED) is 0.781. The van der Waals surface area contributed by atoms with Crippen molar-refractivity contribution in [1.29, 1.82) is 0 Å². The maximum absolute atomic E-state index is 13.1. The maximum atomic E-state index is 13.1. The molecule has 0 aliphatic rings. The van der Waals surface area contributed by atoms with Gasteiger partial charge in [0.05, 0.1) is 13.1 Å². The number of hydrogen-bond donors (Lipinski definition) is 2. The highest BCUT2D eigenvalue weighted by molar-refractivity contribution is 5.95. The minimum absolute atomic E-state index is 0.0921. The average Bonchev–Trinajstić information content (AvgIpc) is 2.62. The highest BCUT2D eigenvalue weighted by Gasteiger charge is 2.15. The zero-order valence-electron chi connectivity index (χ0n) is 15.6. The molecule has 0 saturated carbocycles. The number of carbonyl (C=O) groups is 2. The van der Waals surface area contributed by atoms with Crippen LogP contribution < -0.4 is 15.5 Å². The molecule has 0 atom stereocenters. The molecule has 2 aromatic rings. The van der Waals surface area contributed by atoms with Gasteiger partial charge in [0, 0.05) is 23.5 Å². The van der Waals surface area contributed by atoms with E-state index in [9.17, 15) is 18.4 Å². The van der Waals surface area contributed by atoms with Gasteiger partial charge in [0.25, 0.3) is 0 Å². The van der Waals surface area contributed by atoms with E-state index in [0.29, 0.717) is 0 Å². The third-order valence-corrected chi connectivity index (χ3v) is 3.95. The number of nitrogens with one attached hydrogen (secondary N) is 2. The monoisotopic (exact) mass is 375 g/mol. The van der Waals surface area contributed by atoms with Crippen LogP contribution in [-0.4, -0.2) is 30.9 Å². The molecule has 27 heavy (non-hydrogen) atoms. The summed E-state index contributed by atoms with van der Waals surface area (Å²) in [6, 6.07) is 11.0. The van der Waals surface area contributed by atoms with Crippen LogP contribution in [0.4, 0.5) is 20.2 Å². The van der Waals surface area contributed by atoms with Gasteiger partial charge >= 0.3 is 0 Å². The Morgan fingerprint density at radius 3 is 2.26 bits per heavy atom. The SMILES string of the molecule is Cc1ccc(N(CC(=O)NCC(=O)Nc2ccc(F)c(F)c2)C(C)C)cc1. The van der Waals surface area contributed by atoms with E-state index >= 15 is 0 Å². The Labute approximate surface area is 157 Å². The molecule has 2 N–H and O–H groups in total. The van der Waals surface area contributed by atoms with Gasteiger partial charge in [-0.05, 0) is 45.0 Å². The number of rotatable bonds is 7. The summed E-state index contributed by atoms with van der Waals surface area (Å²) in [5, 5.41) is 4.94. The van der Waals surface area contributed by atoms with Crippen LogP contribution >= 0.6 is 0 Å². The number of anilines is 2. The molecule has 0 aliphatic carbocycles. The van der Waals surface area contributed by atoms with E-state index in [1.54, 1.807) is 0 Å². The Morgan fingerprint density at radius 2 is 1.67 bits per heavy atom. The molecular formula is C20H23F2N3O2. The van der Waals surface area contributed by atoms with E-state index < -0.39 is 17.5 Å². The molecule has 2 amide bonds. The molecule has 0 heterocycles. The number of carbonyl (C=O) groups excluding carboxylic acids is 2. The first kappa shape index (κ1) is 20.4. The summed E-state index contributed by atoms with van der Waals surface area (Å²) in [7, 11) is 0. The molecule has 2 aromatic carbocycles. The summed E-state index contributed by atoms with van der Waals surface area (Å²) >= 11 is 0. The fourth-order valence-electron chi connectivity index (χ4n) is 2.48.